The fraction of sp³-hybridized carbons (Fsp3) is 0.273. The van der Waals surface area contributed by atoms with E-state index in [1.165, 1.54) is 7.11 Å². The molecule has 1 aromatic carbocycles. The Morgan fingerprint density at radius 3 is 2.38 bits per heavy atom. The number of anilines is 1. The summed E-state index contributed by atoms with van der Waals surface area (Å²) in [5.41, 5.74) is 6.91. The smallest absolute Gasteiger partial charge is 0.344 e. The highest BCUT2D eigenvalue weighted by molar-refractivity contribution is 5.77. The van der Waals surface area contributed by atoms with Crippen LogP contribution in [-0.4, -0.2) is 25.7 Å². The van der Waals surface area contributed by atoms with Gasteiger partial charge in [-0.2, -0.15) is 0 Å². The highest BCUT2D eigenvalue weighted by Crippen LogP contribution is 2.06. The second-order valence-corrected chi connectivity index (χ2v) is 3.16. The van der Waals surface area contributed by atoms with Gasteiger partial charge >= 0.3 is 11.9 Å². The van der Waals surface area contributed by atoms with Crippen LogP contribution in [0.3, 0.4) is 0 Å². The second kappa shape index (κ2) is 5.75. The molecule has 0 unspecified atom stereocenters. The molecule has 0 saturated carbocycles. The van der Waals surface area contributed by atoms with Crippen molar-refractivity contribution in [2.75, 3.05) is 19.5 Å². The Bertz CT molecular complexity index is 372. The molecule has 1 aromatic rings. The van der Waals surface area contributed by atoms with Crippen LogP contribution in [0.4, 0.5) is 5.69 Å². The fourth-order valence-corrected chi connectivity index (χ4v) is 1.05. The molecule has 0 bridgehead atoms. The Balaban J connectivity index is 2.40. The van der Waals surface area contributed by atoms with E-state index in [4.69, 9.17) is 5.73 Å². The minimum Gasteiger partial charge on any atom is -0.466 e. The van der Waals surface area contributed by atoms with Crippen LogP contribution in [0.5, 0.6) is 0 Å². The van der Waals surface area contributed by atoms with Gasteiger partial charge < -0.3 is 15.2 Å². The molecule has 0 aliphatic heterocycles. The van der Waals surface area contributed by atoms with Gasteiger partial charge in [-0.1, -0.05) is 12.1 Å². The van der Waals surface area contributed by atoms with E-state index in [-0.39, 0.29) is 13.0 Å². The summed E-state index contributed by atoms with van der Waals surface area (Å²) in [7, 11) is 1.23. The predicted octanol–water partition coefficient (Wildman–Crippen LogP) is 0.527. The number of carbonyl (C=O) groups is 2. The molecule has 0 atom stereocenters. The third-order valence-corrected chi connectivity index (χ3v) is 1.91. The molecule has 0 radical (unpaired) electrons. The van der Waals surface area contributed by atoms with Gasteiger partial charge in [0, 0.05) is 5.69 Å². The number of hydrogen-bond donors (Lipinski definition) is 1. The molecule has 5 nitrogen and oxygen atoms in total. The number of rotatable bonds is 4. The molecule has 0 saturated heterocycles. The van der Waals surface area contributed by atoms with Crippen LogP contribution in [0, 0.1) is 0 Å². The van der Waals surface area contributed by atoms with E-state index in [2.05, 4.69) is 9.47 Å². The quantitative estimate of drug-likeness (QED) is 0.595. The van der Waals surface area contributed by atoms with Crippen molar-refractivity contribution in [1.29, 1.82) is 0 Å². The highest BCUT2D eigenvalue weighted by Gasteiger charge is 2.08. The van der Waals surface area contributed by atoms with Crippen molar-refractivity contribution in [3.8, 4) is 0 Å². The lowest BCUT2D eigenvalue weighted by Crippen LogP contribution is -2.16. The van der Waals surface area contributed by atoms with E-state index in [0.29, 0.717) is 5.69 Å². The maximum atomic E-state index is 11.3. The fourth-order valence-electron chi connectivity index (χ4n) is 1.05. The molecule has 0 amide bonds. The number of hydrogen-bond acceptors (Lipinski definition) is 5. The average molecular weight is 223 g/mol. The van der Waals surface area contributed by atoms with Crippen molar-refractivity contribution in [2.45, 2.75) is 6.42 Å². The first-order valence-corrected chi connectivity index (χ1v) is 4.68. The van der Waals surface area contributed by atoms with Gasteiger partial charge in [0.1, 0.15) is 0 Å². The molecule has 0 spiro atoms. The van der Waals surface area contributed by atoms with Gasteiger partial charge in [-0.15, -0.1) is 0 Å². The molecule has 86 valence electrons. The molecule has 0 heterocycles. The molecule has 16 heavy (non-hydrogen) atoms. The zero-order valence-corrected chi connectivity index (χ0v) is 8.93. The normalized spacial score (nSPS) is 9.56. The summed E-state index contributed by atoms with van der Waals surface area (Å²) in [6.45, 7) is -0.357. The maximum Gasteiger partial charge on any atom is 0.344 e. The Morgan fingerprint density at radius 1 is 1.19 bits per heavy atom. The number of carbonyl (C=O) groups excluding carboxylic acids is 2. The van der Waals surface area contributed by atoms with Crippen LogP contribution in [0.25, 0.3) is 0 Å². The molecule has 0 fully saturated rings. The van der Waals surface area contributed by atoms with Crippen molar-refractivity contribution in [2.24, 2.45) is 0 Å². The van der Waals surface area contributed by atoms with Crippen LogP contribution in [0.15, 0.2) is 24.3 Å². The van der Waals surface area contributed by atoms with Crippen molar-refractivity contribution >= 4 is 17.6 Å². The number of nitrogen functional groups attached to an aromatic ring is 1. The standard InChI is InChI=1S/C11H13NO4/c1-15-11(14)7-16-10(13)6-8-2-4-9(12)5-3-8/h2-5H,6-7,12H2,1H3. The predicted molar refractivity (Wildman–Crippen MR) is 57.5 cm³/mol. The van der Waals surface area contributed by atoms with Crippen molar-refractivity contribution in [3.05, 3.63) is 29.8 Å². The van der Waals surface area contributed by atoms with Gasteiger partial charge in [-0.3, -0.25) is 4.79 Å². The second-order valence-electron chi connectivity index (χ2n) is 3.16. The zero-order chi connectivity index (χ0) is 12.0. The first kappa shape index (κ1) is 12.0. The van der Waals surface area contributed by atoms with Crippen LogP contribution in [-0.2, 0) is 25.5 Å². The van der Waals surface area contributed by atoms with E-state index < -0.39 is 11.9 Å². The topological polar surface area (TPSA) is 78.6 Å². The van der Waals surface area contributed by atoms with Gasteiger partial charge in [0.2, 0.25) is 0 Å². The van der Waals surface area contributed by atoms with Crippen LogP contribution < -0.4 is 5.73 Å². The lowest BCUT2D eigenvalue weighted by Gasteiger charge is -2.03. The van der Waals surface area contributed by atoms with Gasteiger partial charge in [-0.25, -0.2) is 4.79 Å². The Kier molecular flexibility index (Phi) is 4.32. The number of methoxy groups -OCH3 is 1. The maximum absolute atomic E-state index is 11.3. The number of esters is 2. The molecule has 0 aliphatic rings. The summed E-state index contributed by atoms with van der Waals surface area (Å²) in [6.07, 6.45) is 0.108. The molecular formula is C11H13NO4. The molecule has 0 aliphatic carbocycles. The molecule has 1 rings (SSSR count). The lowest BCUT2D eigenvalue weighted by molar-refractivity contribution is -0.156. The summed E-state index contributed by atoms with van der Waals surface area (Å²) in [4.78, 5) is 22.0. The van der Waals surface area contributed by atoms with E-state index in [1.807, 2.05) is 0 Å². The van der Waals surface area contributed by atoms with Crippen LogP contribution in [0.1, 0.15) is 5.56 Å². The summed E-state index contributed by atoms with van der Waals surface area (Å²) >= 11 is 0. The van der Waals surface area contributed by atoms with Gasteiger partial charge in [-0.05, 0) is 17.7 Å². The van der Waals surface area contributed by atoms with E-state index >= 15 is 0 Å². The van der Waals surface area contributed by atoms with E-state index in [9.17, 15) is 9.59 Å². The SMILES string of the molecule is COC(=O)COC(=O)Cc1ccc(N)cc1. The third kappa shape index (κ3) is 4.00. The Morgan fingerprint density at radius 2 is 1.81 bits per heavy atom. The molecule has 0 aromatic heterocycles. The lowest BCUT2D eigenvalue weighted by atomic mass is 10.1. The number of ether oxygens (including phenoxy) is 2. The van der Waals surface area contributed by atoms with Crippen LogP contribution >= 0.6 is 0 Å². The minimum absolute atomic E-state index is 0.108. The Labute approximate surface area is 93.1 Å². The Hall–Kier alpha value is -2.04. The largest absolute Gasteiger partial charge is 0.466 e. The summed E-state index contributed by atoms with van der Waals surface area (Å²) in [5, 5.41) is 0. The van der Waals surface area contributed by atoms with Gasteiger partial charge in [0.15, 0.2) is 6.61 Å². The summed E-state index contributed by atoms with van der Waals surface area (Å²) < 4.78 is 9.02. The van der Waals surface area contributed by atoms with Gasteiger partial charge in [0.25, 0.3) is 0 Å². The van der Waals surface area contributed by atoms with E-state index in [1.54, 1.807) is 24.3 Å². The first-order valence-electron chi connectivity index (χ1n) is 4.68. The molecular weight excluding hydrogens is 210 g/mol. The summed E-state index contributed by atoms with van der Waals surface area (Å²) in [6, 6.07) is 6.86. The van der Waals surface area contributed by atoms with Crippen molar-refractivity contribution in [1.82, 2.24) is 0 Å². The van der Waals surface area contributed by atoms with Crippen molar-refractivity contribution < 1.29 is 19.1 Å². The first-order chi connectivity index (χ1) is 7.61. The monoisotopic (exact) mass is 223 g/mol. The number of benzene rings is 1. The minimum atomic E-state index is -0.578. The molecule has 5 heteroatoms. The zero-order valence-electron chi connectivity index (χ0n) is 8.93. The van der Waals surface area contributed by atoms with Gasteiger partial charge in [0.05, 0.1) is 13.5 Å². The average Bonchev–Trinajstić information content (AvgIpc) is 2.29. The third-order valence-electron chi connectivity index (χ3n) is 1.91. The number of nitrogens with two attached hydrogens (primary N) is 1. The van der Waals surface area contributed by atoms with E-state index in [0.717, 1.165) is 5.56 Å². The highest BCUT2D eigenvalue weighted by atomic mass is 16.6. The molecule has 2 N–H and O–H groups in total. The van der Waals surface area contributed by atoms with Crippen LogP contribution in [0.2, 0.25) is 0 Å². The van der Waals surface area contributed by atoms with Crippen molar-refractivity contribution in [3.63, 3.8) is 0 Å². The summed E-state index contributed by atoms with van der Waals surface area (Å²) in [5.74, 6) is -1.05.